The first-order chi connectivity index (χ1) is 9.58. The minimum atomic E-state index is -3.22. The minimum absolute atomic E-state index is 0.116. The molecule has 1 fully saturated rings. The number of piperidine rings is 1. The van der Waals surface area contributed by atoms with E-state index in [1.807, 2.05) is 19.1 Å². The lowest BCUT2D eigenvalue weighted by molar-refractivity contribution is -0.111. The normalized spacial score (nSPS) is 17.1. The van der Waals surface area contributed by atoms with E-state index in [1.54, 1.807) is 12.1 Å². The summed E-state index contributed by atoms with van der Waals surface area (Å²) in [7, 11) is -3.22. The molecule has 0 radical (unpaired) electrons. The molecule has 0 saturated carbocycles. The summed E-state index contributed by atoms with van der Waals surface area (Å²) >= 11 is 0. The molecule has 0 unspecified atom stereocenters. The van der Waals surface area contributed by atoms with Crippen LogP contribution in [0.1, 0.15) is 26.2 Å². The van der Waals surface area contributed by atoms with Gasteiger partial charge in [-0.25, -0.2) is 8.42 Å². The Hall–Kier alpha value is -1.36. The fraction of sp³-hybridized carbons (Fsp3) is 0.533. The van der Waals surface area contributed by atoms with Gasteiger partial charge in [0.15, 0.2) is 9.84 Å². The van der Waals surface area contributed by atoms with Gasteiger partial charge >= 0.3 is 0 Å². The number of aldehydes is 1. The summed E-state index contributed by atoms with van der Waals surface area (Å²) in [5.41, 5.74) is 0.783. The number of hydrogen-bond donors (Lipinski definition) is 0. The lowest BCUT2D eigenvalue weighted by atomic mass is 9.98. The molecular formula is C15H21NO3S. The van der Waals surface area contributed by atoms with Crippen LogP contribution in [0.3, 0.4) is 0 Å². The van der Waals surface area contributed by atoms with Crippen LogP contribution in [0, 0.1) is 5.92 Å². The van der Waals surface area contributed by atoms with Crippen LogP contribution in [0.4, 0.5) is 5.69 Å². The molecule has 1 aromatic rings. The van der Waals surface area contributed by atoms with Crippen LogP contribution < -0.4 is 4.90 Å². The highest BCUT2D eigenvalue weighted by Crippen LogP contribution is 2.29. The Bertz CT molecular complexity index is 560. The highest BCUT2D eigenvalue weighted by Gasteiger charge is 2.24. The van der Waals surface area contributed by atoms with E-state index in [1.165, 1.54) is 0 Å². The second kappa shape index (κ2) is 6.39. The van der Waals surface area contributed by atoms with E-state index < -0.39 is 9.84 Å². The fourth-order valence-corrected chi connectivity index (χ4v) is 4.20. The number of rotatable bonds is 5. The van der Waals surface area contributed by atoms with Crippen LogP contribution in [0.15, 0.2) is 29.2 Å². The molecule has 20 heavy (non-hydrogen) atoms. The summed E-state index contributed by atoms with van der Waals surface area (Å²) in [4.78, 5) is 13.3. The Labute approximate surface area is 120 Å². The van der Waals surface area contributed by atoms with Gasteiger partial charge in [-0.3, -0.25) is 0 Å². The summed E-state index contributed by atoms with van der Waals surface area (Å²) in [5.74, 6) is 0.292. The molecule has 0 N–H and O–H groups in total. The number of carbonyl (C=O) groups is 1. The minimum Gasteiger partial charge on any atom is -0.370 e. The zero-order chi connectivity index (χ0) is 14.6. The summed E-state index contributed by atoms with van der Waals surface area (Å²) in [5, 5.41) is 0. The number of para-hydroxylation sites is 1. The maximum Gasteiger partial charge on any atom is 0.180 e. The van der Waals surface area contributed by atoms with Crippen LogP contribution in [0.25, 0.3) is 0 Å². The maximum atomic E-state index is 12.3. The molecule has 1 aliphatic heterocycles. The second-order valence-corrected chi connectivity index (χ2v) is 7.32. The number of anilines is 1. The van der Waals surface area contributed by atoms with Crippen molar-refractivity contribution in [3.8, 4) is 0 Å². The van der Waals surface area contributed by atoms with Crippen LogP contribution in [-0.4, -0.2) is 33.5 Å². The third kappa shape index (κ3) is 3.20. The summed E-state index contributed by atoms with van der Waals surface area (Å²) in [6.07, 6.45) is 3.22. The Kier molecular flexibility index (Phi) is 4.81. The van der Waals surface area contributed by atoms with Crippen molar-refractivity contribution < 1.29 is 13.2 Å². The predicted octanol–water partition coefficient (Wildman–Crippen LogP) is 2.29. The molecule has 2 rings (SSSR count). The van der Waals surface area contributed by atoms with Crippen LogP contribution in [0.2, 0.25) is 0 Å². The Morgan fingerprint density at radius 1 is 1.25 bits per heavy atom. The van der Waals surface area contributed by atoms with Crippen molar-refractivity contribution in [1.29, 1.82) is 0 Å². The standard InChI is InChI=1S/C15H21NO3S/c1-2-11-20(18,19)15-6-4-3-5-14(15)16-9-7-13(12-17)8-10-16/h3-6,12-13H,2,7-11H2,1H3. The third-order valence-electron chi connectivity index (χ3n) is 3.75. The van der Waals surface area contributed by atoms with Gasteiger partial charge in [-0.15, -0.1) is 0 Å². The topological polar surface area (TPSA) is 54.5 Å². The molecule has 1 heterocycles. The summed E-state index contributed by atoms with van der Waals surface area (Å²) < 4.78 is 24.7. The molecule has 0 bridgehead atoms. The third-order valence-corrected chi connectivity index (χ3v) is 5.71. The van der Waals surface area contributed by atoms with Gasteiger partial charge in [-0.1, -0.05) is 19.1 Å². The van der Waals surface area contributed by atoms with E-state index in [4.69, 9.17) is 0 Å². The molecule has 0 atom stereocenters. The van der Waals surface area contributed by atoms with Gasteiger partial charge in [0.25, 0.3) is 0 Å². The lowest BCUT2D eigenvalue weighted by Crippen LogP contribution is -2.35. The van der Waals surface area contributed by atoms with E-state index in [0.717, 1.165) is 37.9 Å². The number of hydrogen-bond acceptors (Lipinski definition) is 4. The van der Waals surface area contributed by atoms with E-state index in [9.17, 15) is 13.2 Å². The molecule has 1 aliphatic rings. The quantitative estimate of drug-likeness (QED) is 0.782. The lowest BCUT2D eigenvalue weighted by Gasteiger charge is -2.32. The molecule has 1 saturated heterocycles. The van der Waals surface area contributed by atoms with Crippen molar-refractivity contribution in [2.24, 2.45) is 5.92 Å². The number of benzene rings is 1. The van der Waals surface area contributed by atoms with Gasteiger partial charge in [0.05, 0.1) is 16.3 Å². The largest absolute Gasteiger partial charge is 0.370 e. The highest BCUT2D eigenvalue weighted by molar-refractivity contribution is 7.91. The van der Waals surface area contributed by atoms with Gasteiger partial charge in [0.1, 0.15) is 6.29 Å². The van der Waals surface area contributed by atoms with Crippen molar-refractivity contribution in [3.05, 3.63) is 24.3 Å². The van der Waals surface area contributed by atoms with E-state index in [-0.39, 0.29) is 11.7 Å². The van der Waals surface area contributed by atoms with Gasteiger partial charge in [-0.05, 0) is 31.4 Å². The van der Waals surface area contributed by atoms with Crippen molar-refractivity contribution in [2.45, 2.75) is 31.1 Å². The number of nitrogens with zero attached hydrogens (tertiary/aromatic N) is 1. The monoisotopic (exact) mass is 295 g/mol. The van der Waals surface area contributed by atoms with E-state index in [0.29, 0.717) is 11.3 Å². The first-order valence-electron chi connectivity index (χ1n) is 7.10. The Morgan fingerprint density at radius 2 is 1.90 bits per heavy atom. The Morgan fingerprint density at radius 3 is 2.50 bits per heavy atom. The first-order valence-corrected chi connectivity index (χ1v) is 8.75. The van der Waals surface area contributed by atoms with Crippen molar-refractivity contribution in [3.63, 3.8) is 0 Å². The maximum absolute atomic E-state index is 12.3. The molecule has 5 heteroatoms. The molecule has 110 valence electrons. The molecule has 0 aromatic heterocycles. The van der Waals surface area contributed by atoms with Gasteiger partial charge in [0.2, 0.25) is 0 Å². The molecule has 0 amide bonds. The van der Waals surface area contributed by atoms with Gasteiger partial charge < -0.3 is 9.69 Å². The van der Waals surface area contributed by atoms with E-state index in [2.05, 4.69) is 4.90 Å². The van der Waals surface area contributed by atoms with Gasteiger partial charge in [-0.2, -0.15) is 0 Å². The average Bonchev–Trinajstić information content (AvgIpc) is 2.47. The van der Waals surface area contributed by atoms with Crippen molar-refractivity contribution >= 4 is 21.8 Å². The second-order valence-electron chi connectivity index (χ2n) is 5.25. The van der Waals surface area contributed by atoms with Crippen LogP contribution >= 0.6 is 0 Å². The fourth-order valence-electron chi connectivity index (χ4n) is 2.64. The van der Waals surface area contributed by atoms with E-state index >= 15 is 0 Å². The zero-order valence-electron chi connectivity index (χ0n) is 11.8. The molecule has 4 nitrogen and oxygen atoms in total. The Balaban J connectivity index is 2.27. The van der Waals surface area contributed by atoms with Crippen LogP contribution in [0.5, 0.6) is 0 Å². The summed E-state index contributed by atoms with van der Waals surface area (Å²) in [6.45, 7) is 3.35. The van der Waals surface area contributed by atoms with Gasteiger partial charge in [0, 0.05) is 19.0 Å². The van der Waals surface area contributed by atoms with Crippen LogP contribution in [-0.2, 0) is 14.6 Å². The number of sulfone groups is 1. The number of carbonyl (C=O) groups excluding carboxylic acids is 1. The molecular weight excluding hydrogens is 274 g/mol. The highest BCUT2D eigenvalue weighted by atomic mass is 32.2. The molecule has 1 aromatic carbocycles. The average molecular weight is 295 g/mol. The predicted molar refractivity (Wildman–Crippen MR) is 79.8 cm³/mol. The summed E-state index contributed by atoms with van der Waals surface area (Å²) in [6, 6.07) is 7.19. The smallest absolute Gasteiger partial charge is 0.180 e. The molecule has 0 aliphatic carbocycles. The SMILES string of the molecule is CCCS(=O)(=O)c1ccccc1N1CCC(C=O)CC1. The zero-order valence-corrected chi connectivity index (χ0v) is 12.6. The van der Waals surface area contributed by atoms with Crippen molar-refractivity contribution in [2.75, 3.05) is 23.7 Å². The first kappa shape index (κ1) is 15.0. The molecule has 0 spiro atoms. The van der Waals surface area contributed by atoms with Crippen molar-refractivity contribution in [1.82, 2.24) is 0 Å².